The molecule has 8 heteroatoms. The van der Waals surface area contributed by atoms with Gasteiger partial charge in [0.1, 0.15) is 17.2 Å². The van der Waals surface area contributed by atoms with Gasteiger partial charge in [0, 0.05) is 35.5 Å². The largest absolute Gasteiger partial charge is 0.377 e. The highest BCUT2D eigenvalue weighted by Gasteiger charge is 2.23. The van der Waals surface area contributed by atoms with E-state index in [-0.39, 0.29) is 18.2 Å². The maximum absolute atomic E-state index is 13.6. The molecule has 0 bridgehead atoms. The van der Waals surface area contributed by atoms with Gasteiger partial charge in [-0.1, -0.05) is 36.4 Å². The van der Waals surface area contributed by atoms with Crippen molar-refractivity contribution in [3.8, 4) is 17.2 Å². The van der Waals surface area contributed by atoms with Crippen LogP contribution in [0.2, 0.25) is 0 Å². The number of ether oxygens (including phenoxy) is 1. The molecule has 1 aromatic carbocycles. The van der Waals surface area contributed by atoms with Crippen LogP contribution < -0.4 is 5.56 Å². The first-order valence-corrected chi connectivity index (χ1v) is 12.8. The summed E-state index contributed by atoms with van der Waals surface area (Å²) in [6.07, 6.45) is 2.32. The number of nitrogens with zero attached hydrogens (tertiary/aromatic N) is 4. The fraction of sp³-hybridized carbons (Fsp3) is 0.320. The summed E-state index contributed by atoms with van der Waals surface area (Å²) >= 11 is 3.20. The van der Waals surface area contributed by atoms with E-state index in [1.165, 1.54) is 16.2 Å². The van der Waals surface area contributed by atoms with Crippen LogP contribution in [0, 0.1) is 11.3 Å². The molecule has 1 aliphatic rings. The van der Waals surface area contributed by atoms with Crippen molar-refractivity contribution < 1.29 is 4.74 Å². The molecule has 5 rings (SSSR count). The molecule has 4 aromatic rings. The number of aromatic nitrogens is 2. The topological polar surface area (TPSA) is 71.2 Å². The van der Waals surface area contributed by atoms with E-state index in [1.807, 2.05) is 35.7 Å². The Morgan fingerprint density at radius 2 is 2.06 bits per heavy atom. The number of benzene rings is 1. The third-order valence-electron chi connectivity index (χ3n) is 5.90. The lowest BCUT2D eigenvalue weighted by Gasteiger charge is -2.25. The molecular weight excluding hydrogens is 452 g/mol. The zero-order valence-corrected chi connectivity index (χ0v) is 19.8. The molecule has 1 atom stereocenters. The molecule has 0 unspecified atom stereocenters. The van der Waals surface area contributed by atoms with Crippen molar-refractivity contribution in [2.45, 2.75) is 38.6 Å². The molecule has 1 saturated heterocycles. The van der Waals surface area contributed by atoms with E-state index < -0.39 is 0 Å². The summed E-state index contributed by atoms with van der Waals surface area (Å²) in [6.45, 7) is 2.81. The first-order chi connectivity index (χ1) is 16.2. The molecule has 0 radical (unpaired) electrons. The Labute approximate surface area is 200 Å². The summed E-state index contributed by atoms with van der Waals surface area (Å²) in [5.41, 5.74) is 1.71. The Hall–Kier alpha value is -2.83. The van der Waals surface area contributed by atoms with Gasteiger partial charge < -0.3 is 4.74 Å². The summed E-state index contributed by atoms with van der Waals surface area (Å²) in [7, 11) is 0. The highest BCUT2D eigenvalue weighted by molar-refractivity contribution is 7.17. The van der Waals surface area contributed by atoms with Crippen LogP contribution in [0.1, 0.15) is 23.5 Å². The minimum Gasteiger partial charge on any atom is -0.377 e. The molecule has 0 N–H and O–H groups in total. The summed E-state index contributed by atoms with van der Waals surface area (Å²) < 4.78 is 7.43. The van der Waals surface area contributed by atoms with Gasteiger partial charge >= 0.3 is 0 Å². The summed E-state index contributed by atoms with van der Waals surface area (Å²) in [5.74, 6) is 0.630. The average Bonchev–Trinajstić information content (AvgIpc) is 3.59. The first-order valence-electron chi connectivity index (χ1n) is 11.0. The second kappa shape index (κ2) is 9.98. The van der Waals surface area contributed by atoms with Crippen molar-refractivity contribution >= 4 is 32.9 Å². The molecule has 0 spiro atoms. The second-order valence-corrected chi connectivity index (χ2v) is 10.0. The normalized spacial score (nSPS) is 15.9. The molecular formula is C25H24N4O2S2. The van der Waals surface area contributed by atoms with Gasteiger partial charge in [-0.3, -0.25) is 14.3 Å². The van der Waals surface area contributed by atoms with Crippen molar-refractivity contribution in [3.05, 3.63) is 74.3 Å². The number of hydrogen-bond donors (Lipinski definition) is 0. The predicted molar refractivity (Wildman–Crippen MR) is 132 cm³/mol. The maximum atomic E-state index is 13.6. The average molecular weight is 477 g/mol. The lowest BCUT2D eigenvalue weighted by atomic mass is 10.1. The molecule has 0 amide bonds. The molecule has 6 nitrogen and oxygen atoms in total. The van der Waals surface area contributed by atoms with Crippen molar-refractivity contribution in [2.75, 3.05) is 13.2 Å². The van der Waals surface area contributed by atoms with E-state index in [1.54, 1.807) is 15.9 Å². The van der Waals surface area contributed by atoms with E-state index in [2.05, 4.69) is 28.5 Å². The molecule has 1 fully saturated rings. The fourth-order valence-electron chi connectivity index (χ4n) is 4.34. The van der Waals surface area contributed by atoms with E-state index in [0.717, 1.165) is 48.5 Å². The molecule has 4 heterocycles. The van der Waals surface area contributed by atoms with Crippen LogP contribution in [-0.4, -0.2) is 33.7 Å². The van der Waals surface area contributed by atoms with Crippen LogP contribution in [0.15, 0.2) is 58.0 Å². The van der Waals surface area contributed by atoms with E-state index in [4.69, 9.17) is 9.72 Å². The van der Waals surface area contributed by atoms with Crippen LogP contribution in [-0.2, 0) is 24.4 Å². The van der Waals surface area contributed by atoms with E-state index >= 15 is 0 Å². The van der Waals surface area contributed by atoms with Crippen LogP contribution in [0.5, 0.6) is 0 Å². The Morgan fingerprint density at radius 1 is 1.18 bits per heavy atom. The van der Waals surface area contributed by atoms with Crippen molar-refractivity contribution in [3.63, 3.8) is 0 Å². The van der Waals surface area contributed by atoms with Crippen molar-refractivity contribution in [1.82, 2.24) is 14.5 Å². The minimum atomic E-state index is -0.148. The Kier molecular flexibility index (Phi) is 6.65. The van der Waals surface area contributed by atoms with E-state index in [0.29, 0.717) is 17.8 Å². The summed E-state index contributed by atoms with van der Waals surface area (Å²) in [6, 6.07) is 16.2. The first kappa shape index (κ1) is 22.0. The quantitative estimate of drug-likeness (QED) is 0.362. The number of rotatable bonds is 8. The van der Waals surface area contributed by atoms with Crippen LogP contribution >= 0.6 is 22.7 Å². The number of thiophene rings is 2. The fourth-order valence-corrected chi connectivity index (χ4v) is 6.04. The minimum absolute atomic E-state index is 0.0199. The number of fused-ring (bicyclic) bond motifs is 1. The molecule has 1 aliphatic heterocycles. The highest BCUT2D eigenvalue weighted by atomic mass is 32.1. The zero-order chi connectivity index (χ0) is 22.6. The van der Waals surface area contributed by atoms with Crippen molar-refractivity contribution in [2.24, 2.45) is 0 Å². The third kappa shape index (κ3) is 4.77. The van der Waals surface area contributed by atoms with Crippen LogP contribution in [0.4, 0.5) is 0 Å². The lowest BCUT2D eigenvalue weighted by Crippen LogP contribution is -2.35. The Bertz CT molecular complexity index is 1320. The maximum Gasteiger partial charge on any atom is 0.263 e. The SMILES string of the molecule is N#CCn1c(CN(Cc2cccs2)C[C@H]2CCCO2)nc2scc(-c3ccccc3)c2c1=O. The Balaban J connectivity index is 1.53. The number of nitriles is 1. The second-order valence-electron chi connectivity index (χ2n) is 8.16. The van der Waals surface area contributed by atoms with Gasteiger partial charge in [0.05, 0.1) is 24.1 Å². The Morgan fingerprint density at radius 3 is 2.79 bits per heavy atom. The van der Waals surface area contributed by atoms with Gasteiger partial charge in [0.25, 0.3) is 5.56 Å². The molecule has 33 heavy (non-hydrogen) atoms. The van der Waals surface area contributed by atoms with Gasteiger partial charge in [0.15, 0.2) is 0 Å². The standard InChI is InChI=1S/C25H24N4O2S2/c26-10-11-29-22(16-28(14-19-8-4-12-31-19)15-20-9-5-13-32-20)27-24-23(25(29)30)21(17-33-24)18-6-2-1-3-7-18/h1-3,5-7,9,13,17,19H,4,8,11-12,14-16H2/t19-/m1/s1. The summed E-state index contributed by atoms with van der Waals surface area (Å²) in [5, 5.41) is 14.1. The van der Waals surface area contributed by atoms with Gasteiger partial charge in [0.2, 0.25) is 0 Å². The monoisotopic (exact) mass is 476 g/mol. The van der Waals surface area contributed by atoms with Gasteiger partial charge in [-0.2, -0.15) is 5.26 Å². The zero-order valence-electron chi connectivity index (χ0n) is 18.1. The van der Waals surface area contributed by atoms with Crippen LogP contribution in [0.25, 0.3) is 21.3 Å². The third-order valence-corrected chi connectivity index (χ3v) is 7.63. The van der Waals surface area contributed by atoms with E-state index in [9.17, 15) is 10.1 Å². The van der Waals surface area contributed by atoms with Gasteiger partial charge in [-0.05, 0) is 29.9 Å². The van der Waals surface area contributed by atoms with Gasteiger partial charge in [-0.15, -0.1) is 22.7 Å². The lowest BCUT2D eigenvalue weighted by molar-refractivity contribution is 0.0669. The molecule has 0 saturated carbocycles. The summed E-state index contributed by atoms with van der Waals surface area (Å²) in [4.78, 5) is 22.7. The number of hydrogen-bond acceptors (Lipinski definition) is 7. The van der Waals surface area contributed by atoms with Gasteiger partial charge in [-0.25, -0.2) is 4.98 Å². The van der Waals surface area contributed by atoms with Crippen molar-refractivity contribution in [1.29, 1.82) is 5.26 Å². The highest BCUT2D eigenvalue weighted by Crippen LogP contribution is 2.31. The molecule has 3 aromatic heterocycles. The smallest absolute Gasteiger partial charge is 0.263 e. The molecule has 168 valence electrons. The predicted octanol–water partition coefficient (Wildman–Crippen LogP) is 4.89. The van der Waals surface area contributed by atoms with Crippen LogP contribution in [0.3, 0.4) is 0 Å². The molecule has 0 aliphatic carbocycles.